The molecule has 0 spiro atoms. The Morgan fingerprint density at radius 2 is 1.71 bits per heavy atom. The molecule has 0 bridgehead atoms. The fourth-order valence-corrected chi connectivity index (χ4v) is 2.37. The molecule has 3 nitrogen and oxygen atoms in total. The van der Waals surface area contributed by atoms with E-state index in [0.29, 0.717) is 23.5 Å². The van der Waals surface area contributed by atoms with E-state index in [4.69, 9.17) is 4.74 Å². The summed E-state index contributed by atoms with van der Waals surface area (Å²) < 4.78 is 5.76. The van der Waals surface area contributed by atoms with Crippen molar-refractivity contribution in [2.45, 2.75) is 13.5 Å². The van der Waals surface area contributed by atoms with Gasteiger partial charge in [-0.2, -0.15) is 0 Å². The zero-order valence-corrected chi connectivity index (χ0v) is 11.6. The second kappa shape index (κ2) is 5.37. The highest BCUT2D eigenvalue weighted by Crippen LogP contribution is 2.26. The van der Waals surface area contributed by atoms with E-state index in [9.17, 15) is 9.59 Å². The van der Waals surface area contributed by atoms with Crippen LogP contribution in [-0.4, -0.2) is 11.6 Å². The SMILES string of the molecule is Cc1cccc(COC2=CC(=O)C(=O)c3ccccc32)c1. The fourth-order valence-electron chi connectivity index (χ4n) is 2.37. The minimum Gasteiger partial charge on any atom is -0.488 e. The van der Waals surface area contributed by atoms with Crippen molar-refractivity contribution in [3.8, 4) is 0 Å². The first kappa shape index (κ1) is 13.3. The van der Waals surface area contributed by atoms with E-state index in [1.165, 1.54) is 6.08 Å². The number of fused-ring (bicyclic) bond motifs is 1. The molecule has 3 rings (SSSR count). The first-order valence-electron chi connectivity index (χ1n) is 6.73. The molecular formula is C18H14O3. The minimum atomic E-state index is -0.534. The number of carbonyl (C=O) groups is 2. The Morgan fingerprint density at radius 1 is 0.952 bits per heavy atom. The predicted octanol–water partition coefficient (Wildman–Crippen LogP) is 3.32. The average molecular weight is 278 g/mol. The highest BCUT2D eigenvalue weighted by molar-refractivity contribution is 6.50. The van der Waals surface area contributed by atoms with Crippen LogP contribution in [0.15, 0.2) is 54.6 Å². The fraction of sp³-hybridized carbons (Fsp3) is 0.111. The summed E-state index contributed by atoms with van der Waals surface area (Å²) in [7, 11) is 0. The monoisotopic (exact) mass is 278 g/mol. The number of ether oxygens (including phenoxy) is 1. The van der Waals surface area contributed by atoms with Gasteiger partial charge in [0.1, 0.15) is 12.4 Å². The van der Waals surface area contributed by atoms with Gasteiger partial charge in [0.15, 0.2) is 0 Å². The van der Waals surface area contributed by atoms with E-state index in [-0.39, 0.29) is 0 Å². The van der Waals surface area contributed by atoms with Crippen molar-refractivity contribution in [3.63, 3.8) is 0 Å². The lowest BCUT2D eigenvalue weighted by atomic mass is 9.94. The molecule has 0 radical (unpaired) electrons. The van der Waals surface area contributed by atoms with E-state index in [1.54, 1.807) is 18.2 Å². The maximum atomic E-state index is 11.8. The first-order chi connectivity index (χ1) is 10.1. The van der Waals surface area contributed by atoms with Crippen molar-refractivity contribution in [1.29, 1.82) is 0 Å². The molecule has 0 heterocycles. The van der Waals surface area contributed by atoms with Crippen LogP contribution in [-0.2, 0) is 16.1 Å². The van der Waals surface area contributed by atoms with Crippen LogP contribution in [0.3, 0.4) is 0 Å². The van der Waals surface area contributed by atoms with Crippen LogP contribution in [0, 0.1) is 6.92 Å². The van der Waals surface area contributed by atoms with Crippen molar-refractivity contribution in [2.24, 2.45) is 0 Å². The van der Waals surface area contributed by atoms with E-state index in [2.05, 4.69) is 0 Å². The van der Waals surface area contributed by atoms with E-state index < -0.39 is 11.6 Å². The van der Waals surface area contributed by atoms with E-state index in [0.717, 1.165) is 11.1 Å². The van der Waals surface area contributed by atoms with Crippen LogP contribution in [0.5, 0.6) is 0 Å². The van der Waals surface area contributed by atoms with E-state index >= 15 is 0 Å². The van der Waals surface area contributed by atoms with Crippen LogP contribution >= 0.6 is 0 Å². The third kappa shape index (κ3) is 2.63. The maximum absolute atomic E-state index is 11.8. The van der Waals surface area contributed by atoms with Gasteiger partial charge in [0.25, 0.3) is 0 Å². The first-order valence-corrected chi connectivity index (χ1v) is 6.73. The number of carbonyl (C=O) groups excluding carboxylic acids is 2. The van der Waals surface area contributed by atoms with Crippen LogP contribution < -0.4 is 0 Å². The molecule has 1 aliphatic rings. The average Bonchev–Trinajstić information content (AvgIpc) is 2.50. The van der Waals surface area contributed by atoms with Gasteiger partial charge in [0.05, 0.1) is 0 Å². The molecule has 1 aliphatic carbocycles. The third-order valence-electron chi connectivity index (χ3n) is 3.40. The molecule has 0 atom stereocenters. The molecule has 2 aromatic carbocycles. The van der Waals surface area contributed by atoms with Crippen LogP contribution in [0.4, 0.5) is 0 Å². The molecule has 104 valence electrons. The van der Waals surface area contributed by atoms with Crippen molar-refractivity contribution >= 4 is 17.3 Å². The molecule has 0 amide bonds. The van der Waals surface area contributed by atoms with Gasteiger partial charge in [0, 0.05) is 17.2 Å². The number of ketones is 2. The summed E-state index contributed by atoms with van der Waals surface area (Å²) in [4.78, 5) is 23.6. The highest BCUT2D eigenvalue weighted by Gasteiger charge is 2.26. The van der Waals surface area contributed by atoms with Gasteiger partial charge >= 0.3 is 0 Å². The quantitative estimate of drug-likeness (QED) is 0.809. The van der Waals surface area contributed by atoms with Crippen LogP contribution in [0.1, 0.15) is 27.0 Å². The summed E-state index contributed by atoms with van der Waals surface area (Å²) in [5.74, 6) is -0.557. The molecule has 0 fully saturated rings. The normalized spacial score (nSPS) is 13.7. The Kier molecular flexibility index (Phi) is 3.40. The number of hydrogen-bond donors (Lipinski definition) is 0. The van der Waals surface area contributed by atoms with Crippen molar-refractivity contribution in [1.82, 2.24) is 0 Å². The van der Waals surface area contributed by atoms with Gasteiger partial charge in [-0.15, -0.1) is 0 Å². The Labute approximate surface area is 122 Å². The third-order valence-corrected chi connectivity index (χ3v) is 3.40. The number of rotatable bonds is 3. The molecule has 0 saturated carbocycles. The lowest BCUT2D eigenvalue weighted by Gasteiger charge is -2.17. The lowest BCUT2D eigenvalue weighted by molar-refractivity contribution is -0.111. The second-order valence-electron chi connectivity index (χ2n) is 5.03. The van der Waals surface area contributed by atoms with Gasteiger partial charge in [-0.3, -0.25) is 9.59 Å². The van der Waals surface area contributed by atoms with Gasteiger partial charge in [0.2, 0.25) is 11.6 Å². The zero-order valence-electron chi connectivity index (χ0n) is 11.6. The van der Waals surface area contributed by atoms with Crippen LogP contribution in [0.25, 0.3) is 5.76 Å². The molecule has 0 aliphatic heterocycles. The molecule has 0 N–H and O–H groups in total. The largest absolute Gasteiger partial charge is 0.488 e. The highest BCUT2D eigenvalue weighted by atomic mass is 16.5. The lowest BCUT2D eigenvalue weighted by Crippen LogP contribution is -2.19. The molecule has 21 heavy (non-hydrogen) atoms. The van der Waals surface area contributed by atoms with Gasteiger partial charge < -0.3 is 4.74 Å². The molecule has 3 heteroatoms. The standard InChI is InChI=1S/C18H14O3/c1-12-5-4-6-13(9-12)11-21-17-10-16(19)18(20)15-8-3-2-7-14(15)17/h2-10H,11H2,1H3. The Morgan fingerprint density at radius 3 is 2.48 bits per heavy atom. The van der Waals surface area contributed by atoms with E-state index in [1.807, 2.05) is 37.3 Å². The zero-order chi connectivity index (χ0) is 14.8. The Hall–Kier alpha value is -2.68. The summed E-state index contributed by atoms with van der Waals surface area (Å²) in [6.45, 7) is 2.38. The van der Waals surface area contributed by atoms with Crippen molar-refractivity contribution in [2.75, 3.05) is 0 Å². The van der Waals surface area contributed by atoms with Gasteiger partial charge in [-0.05, 0) is 12.5 Å². The van der Waals surface area contributed by atoms with Crippen LogP contribution in [0.2, 0.25) is 0 Å². The summed E-state index contributed by atoms with van der Waals surface area (Å²) in [6.07, 6.45) is 1.28. The molecule has 0 aromatic heterocycles. The second-order valence-corrected chi connectivity index (χ2v) is 5.03. The summed E-state index contributed by atoms with van der Waals surface area (Å²) >= 11 is 0. The van der Waals surface area contributed by atoms with Crippen molar-refractivity contribution in [3.05, 3.63) is 76.9 Å². The number of Topliss-reactive ketones (excluding diaryl/α,β-unsaturated/α-hetero) is 1. The number of benzene rings is 2. The van der Waals surface area contributed by atoms with Crippen molar-refractivity contribution < 1.29 is 14.3 Å². The minimum absolute atomic E-state index is 0.364. The topological polar surface area (TPSA) is 43.4 Å². The Balaban J connectivity index is 1.87. The summed E-state index contributed by atoms with van der Waals surface area (Å²) in [5.41, 5.74) is 3.26. The van der Waals surface area contributed by atoms with Gasteiger partial charge in [-0.25, -0.2) is 0 Å². The molecule has 0 saturated heterocycles. The number of hydrogen-bond acceptors (Lipinski definition) is 3. The Bertz CT molecular complexity index is 757. The number of allylic oxidation sites excluding steroid dienone is 1. The molecular weight excluding hydrogens is 264 g/mol. The molecule has 2 aromatic rings. The summed E-state index contributed by atoms with van der Waals surface area (Å²) in [6, 6.07) is 15.0. The smallest absolute Gasteiger partial charge is 0.233 e. The molecule has 0 unspecified atom stereocenters. The number of aryl methyl sites for hydroxylation is 1. The maximum Gasteiger partial charge on any atom is 0.233 e. The van der Waals surface area contributed by atoms with Gasteiger partial charge in [-0.1, -0.05) is 54.1 Å². The predicted molar refractivity (Wildman–Crippen MR) is 79.7 cm³/mol. The summed E-state index contributed by atoms with van der Waals surface area (Å²) in [5, 5.41) is 0.